The van der Waals surface area contributed by atoms with E-state index in [1.807, 2.05) is 12.1 Å². The second-order valence-corrected chi connectivity index (χ2v) is 3.27. The zero-order valence-corrected chi connectivity index (χ0v) is 8.17. The van der Waals surface area contributed by atoms with Gasteiger partial charge in [0, 0.05) is 6.42 Å². The molecular formula is C9H10BrNO. The molecule has 0 saturated carbocycles. The fraction of sp³-hybridized carbons (Fsp3) is 0.333. The number of nitrogens with two attached hydrogens (primary N) is 1. The van der Waals surface area contributed by atoms with E-state index in [9.17, 15) is 0 Å². The molecule has 2 N–H and O–H groups in total. The first-order valence-electron chi connectivity index (χ1n) is 3.68. The molecule has 1 unspecified atom stereocenters. The second kappa shape index (κ2) is 4.34. The summed E-state index contributed by atoms with van der Waals surface area (Å²) in [7, 11) is 0. The molecule has 0 amide bonds. The molecule has 0 bridgehead atoms. The van der Waals surface area contributed by atoms with Crippen LogP contribution < -0.4 is 5.73 Å². The molecule has 0 saturated heterocycles. The summed E-state index contributed by atoms with van der Waals surface area (Å²) in [6, 6.07) is 3.59. The first-order chi connectivity index (χ1) is 5.74. The Morgan fingerprint density at radius 3 is 2.92 bits per heavy atom. The van der Waals surface area contributed by atoms with Gasteiger partial charge in [0.2, 0.25) is 0 Å². The summed E-state index contributed by atoms with van der Waals surface area (Å²) < 4.78 is 5.97. The van der Waals surface area contributed by atoms with Crippen molar-refractivity contribution >= 4 is 15.9 Å². The normalized spacial score (nSPS) is 12.4. The maximum absolute atomic E-state index is 5.78. The van der Waals surface area contributed by atoms with Crippen LogP contribution in [0.5, 0.6) is 0 Å². The van der Waals surface area contributed by atoms with E-state index in [0.29, 0.717) is 11.1 Å². The second-order valence-electron chi connectivity index (χ2n) is 2.49. The lowest BCUT2D eigenvalue weighted by Crippen LogP contribution is -2.08. The van der Waals surface area contributed by atoms with Gasteiger partial charge in [-0.05, 0) is 34.5 Å². The summed E-state index contributed by atoms with van der Waals surface area (Å²) >= 11 is 3.21. The molecule has 1 atom stereocenters. The van der Waals surface area contributed by atoms with Gasteiger partial charge in [0.15, 0.2) is 4.67 Å². The molecule has 1 aromatic heterocycles. The molecule has 0 aromatic carbocycles. The highest BCUT2D eigenvalue weighted by Crippen LogP contribution is 2.21. The van der Waals surface area contributed by atoms with Gasteiger partial charge in [-0.25, -0.2) is 0 Å². The highest BCUT2D eigenvalue weighted by Gasteiger charge is 2.08. The van der Waals surface area contributed by atoms with Crippen LogP contribution in [-0.4, -0.2) is 0 Å². The van der Waals surface area contributed by atoms with Crippen molar-refractivity contribution in [2.24, 2.45) is 5.73 Å². The maximum Gasteiger partial charge on any atom is 0.169 e. The van der Waals surface area contributed by atoms with Gasteiger partial charge in [0.05, 0.1) is 6.04 Å². The maximum atomic E-state index is 5.78. The third kappa shape index (κ3) is 2.40. The Morgan fingerprint density at radius 2 is 2.42 bits per heavy atom. The molecule has 1 heterocycles. The van der Waals surface area contributed by atoms with Crippen LogP contribution in [0.25, 0.3) is 0 Å². The molecule has 2 nitrogen and oxygen atoms in total. The molecule has 3 heteroatoms. The first kappa shape index (κ1) is 9.37. The smallest absolute Gasteiger partial charge is 0.169 e. The number of hydrogen-bond donors (Lipinski definition) is 1. The third-order valence-corrected chi connectivity index (χ3v) is 1.99. The fourth-order valence-corrected chi connectivity index (χ4v) is 1.23. The molecule has 0 spiro atoms. The van der Waals surface area contributed by atoms with Crippen LogP contribution in [0.4, 0.5) is 0 Å². The highest BCUT2D eigenvalue weighted by atomic mass is 79.9. The Balaban J connectivity index is 2.54. The highest BCUT2D eigenvalue weighted by molar-refractivity contribution is 9.10. The Labute approximate surface area is 80.3 Å². The summed E-state index contributed by atoms with van der Waals surface area (Å²) in [6.07, 6.45) is 6.56. The largest absolute Gasteiger partial charge is 0.453 e. The van der Waals surface area contributed by atoms with Gasteiger partial charge in [-0.15, -0.1) is 12.3 Å². The number of rotatable bonds is 3. The van der Waals surface area contributed by atoms with E-state index in [4.69, 9.17) is 16.6 Å². The van der Waals surface area contributed by atoms with Gasteiger partial charge in [0.25, 0.3) is 0 Å². The van der Waals surface area contributed by atoms with Gasteiger partial charge in [-0.1, -0.05) is 0 Å². The molecule has 1 rings (SSSR count). The van der Waals surface area contributed by atoms with E-state index >= 15 is 0 Å². The summed E-state index contributed by atoms with van der Waals surface area (Å²) in [5.74, 6) is 3.32. The Morgan fingerprint density at radius 1 is 1.67 bits per heavy atom. The number of furan rings is 1. The van der Waals surface area contributed by atoms with Crippen LogP contribution in [0, 0.1) is 12.3 Å². The van der Waals surface area contributed by atoms with Gasteiger partial charge in [-0.2, -0.15) is 0 Å². The van der Waals surface area contributed by atoms with E-state index in [1.54, 1.807) is 0 Å². The first-order valence-corrected chi connectivity index (χ1v) is 4.47. The van der Waals surface area contributed by atoms with Crippen molar-refractivity contribution in [1.82, 2.24) is 0 Å². The molecule has 0 aliphatic carbocycles. The standard InChI is InChI=1S/C9H10BrNO/c1-2-3-4-7(11)8-5-6-9(10)12-8/h1,5-7H,3-4,11H2. The number of hydrogen-bond acceptors (Lipinski definition) is 2. The predicted octanol–water partition coefficient (Wildman–Crippen LogP) is 2.46. The van der Waals surface area contributed by atoms with E-state index in [0.717, 1.165) is 12.2 Å². The monoisotopic (exact) mass is 227 g/mol. The van der Waals surface area contributed by atoms with Crippen molar-refractivity contribution in [3.05, 3.63) is 22.6 Å². The van der Waals surface area contributed by atoms with Crippen molar-refractivity contribution in [3.63, 3.8) is 0 Å². The van der Waals surface area contributed by atoms with Crippen molar-refractivity contribution < 1.29 is 4.42 Å². The topological polar surface area (TPSA) is 39.2 Å². The minimum Gasteiger partial charge on any atom is -0.453 e. The Bertz CT molecular complexity index is 287. The van der Waals surface area contributed by atoms with Crippen LogP contribution in [-0.2, 0) is 0 Å². The summed E-state index contributed by atoms with van der Waals surface area (Å²) in [4.78, 5) is 0. The van der Waals surface area contributed by atoms with Gasteiger partial charge in [0.1, 0.15) is 5.76 Å². The molecule has 12 heavy (non-hydrogen) atoms. The summed E-state index contributed by atoms with van der Waals surface area (Å²) in [6.45, 7) is 0. The van der Waals surface area contributed by atoms with E-state index in [-0.39, 0.29) is 6.04 Å². The van der Waals surface area contributed by atoms with Crippen LogP contribution >= 0.6 is 15.9 Å². The SMILES string of the molecule is C#CCCC(N)c1ccc(Br)o1. The third-order valence-electron chi connectivity index (χ3n) is 1.56. The van der Waals surface area contributed by atoms with Crippen molar-refractivity contribution in [1.29, 1.82) is 0 Å². The predicted molar refractivity (Wildman–Crippen MR) is 51.4 cm³/mol. The zero-order valence-electron chi connectivity index (χ0n) is 6.59. The van der Waals surface area contributed by atoms with Crippen LogP contribution in [0.2, 0.25) is 0 Å². The zero-order chi connectivity index (χ0) is 8.97. The Kier molecular flexibility index (Phi) is 3.39. The van der Waals surface area contributed by atoms with Crippen LogP contribution in [0.15, 0.2) is 21.2 Å². The fourth-order valence-electron chi connectivity index (χ4n) is 0.909. The van der Waals surface area contributed by atoms with Crippen LogP contribution in [0.3, 0.4) is 0 Å². The summed E-state index contributed by atoms with van der Waals surface area (Å²) in [5, 5.41) is 0. The van der Waals surface area contributed by atoms with E-state index < -0.39 is 0 Å². The van der Waals surface area contributed by atoms with Gasteiger partial charge in [-0.3, -0.25) is 0 Å². The van der Waals surface area contributed by atoms with E-state index in [1.165, 1.54) is 0 Å². The molecule has 0 aliphatic heterocycles. The molecular weight excluding hydrogens is 218 g/mol. The van der Waals surface area contributed by atoms with Gasteiger partial charge >= 0.3 is 0 Å². The van der Waals surface area contributed by atoms with Crippen LogP contribution in [0.1, 0.15) is 24.6 Å². The average molecular weight is 228 g/mol. The number of halogens is 1. The molecule has 0 fully saturated rings. The molecule has 0 aliphatic rings. The average Bonchev–Trinajstić information content (AvgIpc) is 2.47. The molecule has 0 radical (unpaired) electrons. The van der Waals surface area contributed by atoms with Crippen molar-refractivity contribution in [3.8, 4) is 12.3 Å². The lowest BCUT2D eigenvalue weighted by atomic mass is 10.1. The minimum absolute atomic E-state index is 0.0904. The lowest BCUT2D eigenvalue weighted by Gasteiger charge is -2.04. The Hall–Kier alpha value is -0.720. The minimum atomic E-state index is -0.0904. The van der Waals surface area contributed by atoms with Crippen molar-refractivity contribution in [2.75, 3.05) is 0 Å². The van der Waals surface area contributed by atoms with Crippen molar-refractivity contribution in [2.45, 2.75) is 18.9 Å². The quantitative estimate of drug-likeness (QED) is 0.807. The lowest BCUT2D eigenvalue weighted by molar-refractivity contribution is 0.439. The van der Waals surface area contributed by atoms with E-state index in [2.05, 4.69) is 21.9 Å². The number of terminal acetylenes is 1. The molecule has 1 aromatic rings. The summed E-state index contributed by atoms with van der Waals surface area (Å²) in [5.41, 5.74) is 5.78. The van der Waals surface area contributed by atoms with Gasteiger partial charge < -0.3 is 10.2 Å². The molecule has 64 valence electrons.